The second-order valence-corrected chi connectivity index (χ2v) is 10.9. The third-order valence-corrected chi connectivity index (χ3v) is 8.75. The first-order chi connectivity index (χ1) is 20.1. The Bertz CT molecular complexity index is 1710. The number of fused-ring (bicyclic) bond motifs is 3. The molecular formula is C32H27NO9. The fourth-order valence-corrected chi connectivity index (χ4v) is 6.91. The predicted octanol–water partition coefficient (Wildman–Crippen LogP) is 3.74. The van der Waals surface area contributed by atoms with E-state index in [1.807, 2.05) is 6.08 Å². The van der Waals surface area contributed by atoms with Gasteiger partial charge in [-0.3, -0.25) is 24.1 Å². The molecule has 0 spiro atoms. The zero-order chi connectivity index (χ0) is 30.0. The Morgan fingerprint density at radius 3 is 2.45 bits per heavy atom. The minimum absolute atomic E-state index is 0.0648. The molecule has 3 aliphatic carbocycles. The van der Waals surface area contributed by atoms with Crippen LogP contribution < -0.4 is 14.4 Å². The van der Waals surface area contributed by atoms with Crippen molar-refractivity contribution in [2.45, 2.75) is 25.7 Å². The topological polar surface area (TPSA) is 148 Å². The first-order valence-corrected chi connectivity index (χ1v) is 13.4. The molecule has 2 amide bonds. The Morgan fingerprint density at radius 2 is 1.76 bits per heavy atom. The number of carboxylic acids is 1. The molecule has 2 aromatic carbocycles. The van der Waals surface area contributed by atoms with Gasteiger partial charge >= 0.3 is 5.97 Å². The van der Waals surface area contributed by atoms with E-state index in [9.17, 15) is 34.2 Å². The number of Topliss-reactive ketones (excluding diaryl/α,β-unsaturated/α-hetero) is 1. The maximum atomic E-state index is 14.0. The van der Waals surface area contributed by atoms with Gasteiger partial charge in [-0.05, 0) is 50.0 Å². The van der Waals surface area contributed by atoms with Crippen molar-refractivity contribution in [3.05, 3.63) is 82.0 Å². The summed E-state index contributed by atoms with van der Waals surface area (Å²) in [5.74, 6) is -5.63. The Kier molecular flexibility index (Phi) is 6.36. The second kappa shape index (κ2) is 9.83. The van der Waals surface area contributed by atoms with Gasteiger partial charge in [0.05, 0.1) is 37.3 Å². The van der Waals surface area contributed by atoms with Crippen LogP contribution in [0.5, 0.6) is 17.2 Å². The number of benzene rings is 2. The van der Waals surface area contributed by atoms with E-state index in [2.05, 4.69) is 0 Å². The number of hydrogen-bond donors (Lipinski definition) is 2. The number of allylic oxidation sites excluding steroid dienone is 6. The van der Waals surface area contributed by atoms with Gasteiger partial charge in [-0.25, -0.2) is 4.79 Å². The summed E-state index contributed by atoms with van der Waals surface area (Å²) in [5, 5.41) is 20.7. The Balaban J connectivity index is 1.51. The third kappa shape index (κ3) is 3.89. The van der Waals surface area contributed by atoms with E-state index in [1.165, 1.54) is 50.6 Å². The summed E-state index contributed by atoms with van der Waals surface area (Å²) in [6.07, 6.45) is 3.37. The Labute approximate surface area is 240 Å². The largest absolute Gasteiger partial charge is 0.507 e. The van der Waals surface area contributed by atoms with Gasteiger partial charge in [-0.2, -0.15) is 0 Å². The van der Waals surface area contributed by atoms with Crippen molar-refractivity contribution in [1.82, 2.24) is 0 Å². The van der Waals surface area contributed by atoms with Gasteiger partial charge in [-0.1, -0.05) is 17.7 Å². The first-order valence-electron chi connectivity index (χ1n) is 13.4. The quantitative estimate of drug-likeness (QED) is 0.312. The standard InChI is InChI=1S/C32H27NO9/c1-14-9-22(34)26-21(29(14)36)13-20-18(27(26)28-23(35)11-17(41-2)12-24(28)42-3)7-8-19-25(20)31(38)33(30(19)37)16-6-4-5-15(10-16)32(39)40/h4-7,9-12,19-20,25,27,35H,8,13H2,1-3H3,(H,39,40). The number of aromatic carboxylic acids is 1. The van der Waals surface area contributed by atoms with Crippen LogP contribution in [0.15, 0.2) is 70.8 Å². The number of imide groups is 1. The van der Waals surface area contributed by atoms with Gasteiger partial charge in [0.15, 0.2) is 11.6 Å². The van der Waals surface area contributed by atoms with Gasteiger partial charge < -0.3 is 19.7 Å². The fraction of sp³-hybridized carbons (Fsp3) is 0.281. The summed E-state index contributed by atoms with van der Waals surface area (Å²) >= 11 is 0. The molecule has 0 radical (unpaired) electrons. The van der Waals surface area contributed by atoms with Crippen LogP contribution in [0, 0.1) is 17.8 Å². The molecule has 2 N–H and O–H groups in total. The van der Waals surface area contributed by atoms with E-state index in [4.69, 9.17) is 9.47 Å². The number of carboxylic acid groups (broad SMARTS) is 1. The van der Waals surface area contributed by atoms with E-state index in [0.717, 1.165) is 4.90 Å². The molecule has 10 nitrogen and oxygen atoms in total. The number of rotatable bonds is 5. The third-order valence-electron chi connectivity index (χ3n) is 8.75. The highest BCUT2D eigenvalue weighted by atomic mass is 16.5. The number of ketones is 2. The molecule has 4 atom stereocenters. The van der Waals surface area contributed by atoms with Gasteiger partial charge in [-0.15, -0.1) is 0 Å². The first kappa shape index (κ1) is 27.2. The van der Waals surface area contributed by atoms with Crippen molar-refractivity contribution in [2.24, 2.45) is 17.8 Å². The van der Waals surface area contributed by atoms with Crippen molar-refractivity contribution in [1.29, 1.82) is 0 Å². The molecule has 214 valence electrons. The molecule has 1 saturated heterocycles. The molecule has 1 aliphatic heterocycles. The molecule has 10 heteroatoms. The lowest BCUT2D eigenvalue weighted by Crippen LogP contribution is -2.40. The smallest absolute Gasteiger partial charge is 0.335 e. The van der Waals surface area contributed by atoms with Crippen LogP contribution >= 0.6 is 0 Å². The van der Waals surface area contributed by atoms with Crippen LogP contribution in [0.1, 0.15) is 41.6 Å². The monoisotopic (exact) mass is 569 g/mol. The van der Waals surface area contributed by atoms with E-state index in [0.29, 0.717) is 11.3 Å². The van der Waals surface area contributed by atoms with E-state index in [-0.39, 0.29) is 69.4 Å². The molecule has 1 fully saturated rings. The van der Waals surface area contributed by atoms with E-state index < -0.39 is 41.5 Å². The number of hydrogen-bond acceptors (Lipinski definition) is 8. The highest BCUT2D eigenvalue weighted by Crippen LogP contribution is 2.58. The van der Waals surface area contributed by atoms with Crippen LogP contribution in [0.4, 0.5) is 5.69 Å². The molecule has 4 aliphatic rings. The van der Waals surface area contributed by atoms with Crippen LogP contribution in [-0.4, -0.2) is 53.8 Å². The van der Waals surface area contributed by atoms with Gasteiger partial charge in [0.25, 0.3) is 0 Å². The molecule has 1 heterocycles. The molecule has 6 rings (SSSR count). The molecule has 42 heavy (non-hydrogen) atoms. The number of nitrogens with zero attached hydrogens (tertiary/aromatic N) is 1. The lowest BCUT2D eigenvalue weighted by Gasteiger charge is -2.42. The van der Waals surface area contributed by atoms with Gasteiger partial charge in [0.2, 0.25) is 11.8 Å². The van der Waals surface area contributed by atoms with Crippen LogP contribution in [0.25, 0.3) is 0 Å². The lowest BCUT2D eigenvalue weighted by atomic mass is 9.59. The predicted molar refractivity (Wildman–Crippen MR) is 148 cm³/mol. The maximum Gasteiger partial charge on any atom is 0.335 e. The molecule has 0 bridgehead atoms. The van der Waals surface area contributed by atoms with Crippen molar-refractivity contribution in [3.63, 3.8) is 0 Å². The van der Waals surface area contributed by atoms with Gasteiger partial charge in [0, 0.05) is 40.3 Å². The molecule has 0 aromatic heterocycles. The van der Waals surface area contributed by atoms with Crippen molar-refractivity contribution >= 4 is 35.0 Å². The highest BCUT2D eigenvalue weighted by Gasteiger charge is 2.57. The number of phenolic OH excluding ortho intramolecular Hbond substituents is 1. The average molecular weight is 570 g/mol. The lowest BCUT2D eigenvalue weighted by molar-refractivity contribution is -0.123. The summed E-state index contributed by atoms with van der Waals surface area (Å²) in [7, 11) is 2.85. The molecule has 4 unspecified atom stereocenters. The van der Waals surface area contributed by atoms with Crippen LogP contribution in [0.2, 0.25) is 0 Å². The number of methoxy groups -OCH3 is 2. The fourth-order valence-electron chi connectivity index (χ4n) is 6.91. The van der Waals surface area contributed by atoms with Crippen LogP contribution in [-0.2, 0) is 19.2 Å². The Morgan fingerprint density at radius 1 is 1.00 bits per heavy atom. The summed E-state index contributed by atoms with van der Waals surface area (Å²) < 4.78 is 10.9. The SMILES string of the molecule is COc1cc(O)c(C2C3=CCC4C(=O)N(c5cccc(C(=O)O)c5)C(=O)C4C3CC3=C2C(=O)C=C(C)C3=O)c(OC)c1. The minimum atomic E-state index is -1.19. The van der Waals surface area contributed by atoms with Crippen molar-refractivity contribution < 1.29 is 43.7 Å². The Hall–Kier alpha value is -4.99. The maximum absolute atomic E-state index is 14.0. The number of ether oxygens (including phenoxy) is 2. The number of amides is 2. The number of aromatic hydroxyl groups is 1. The normalized spacial score (nSPS) is 25.0. The average Bonchev–Trinajstić information content (AvgIpc) is 3.24. The number of carbonyl (C=O) groups is 5. The zero-order valence-electron chi connectivity index (χ0n) is 23.0. The minimum Gasteiger partial charge on any atom is -0.507 e. The number of phenols is 1. The van der Waals surface area contributed by atoms with Crippen molar-refractivity contribution in [3.8, 4) is 17.2 Å². The van der Waals surface area contributed by atoms with E-state index >= 15 is 0 Å². The molecule has 0 saturated carbocycles. The van der Waals surface area contributed by atoms with E-state index in [1.54, 1.807) is 13.0 Å². The van der Waals surface area contributed by atoms with Crippen molar-refractivity contribution in [2.75, 3.05) is 19.1 Å². The molecule has 2 aromatic rings. The zero-order valence-corrected chi connectivity index (χ0v) is 23.0. The molecular weight excluding hydrogens is 542 g/mol. The van der Waals surface area contributed by atoms with Gasteiger partial charge in [0.1, 0.15) is 17.2 Å². The number of anilines is 1. The summed E-state index contributed by atoms with van der Waals surface area (Å²) in [6, 6.07) is 8.61. The summed E-state index contributed by atoms with van der Waals surface area (Å²) in [5.41, 5.74) is 1.73. The summed E-state index contributed by atoms with van der Waals surface area (Å²) in [6.45, 7) is 1.56. The summed E-state index contributed by atoms with van der Waals surface area (Å²) in [4.78, 5) is 67.3. The van der Waals surface area contributed by atoms with Crippen LogP contribution in [0.3, 0.4) is 0 Å². The highest BCUT2D eigenvalue weighted by molar-refractivity contribution is 6.25. The second-order valence-electron chi connectivity index (χ2n) is 10.9. The number of carbonyl (C=O) groups excluding carboxylic acids is 4.